The summed E-state index contributed by atoms with van der Waals surface area (Å²) in [4.78, 5) is 15.5. The lowest BCUT2D eigenvalue weighted by Gasteiger charge is -2.06. The van der Waals surface area contributed by atoms with Crippen LogP contribution in [-0.4, -0.2) is 22.6 Å². The highest BCUT2D eigenvalue weighted by Gasteiger charge is 2.07. The highest BCUT2D eigenvalue weighted by Crippen LogP contribution is 2.07. The standard InChI is InChI=1S/C15H18N2O2/c1-19-15(18)12-17-11-10-16-14(17)9-5-8-13-6-3-2-4-7-13/h2-4,6-7,10-11H,5,8-9,12H2,1H3. The largest absolute Gasteiger partial charge is 0.468 e. The molecule has 100 valence electrons. The second kappa shape index (κ2) is 6.73. The van der Waals surface area contributed by atoms with Gasteiger partial charge < -0.3 is 9.30 Å². The van der Waals surface area contributed by atoms with Crippen molar-refractivity contribution in [2.24, 2.45) is 0 Å². The van der Waals surface area contributed by atoms with Crippen LogP contribution in [0.5, 0.6) is 0 Å². The zero-order chi connectivity index (χ0) is 13.5. The maximum Gasteiger partial charge on any atom is 0.325 e. The predicted molar refractivity (Wildman–Crippen MR) is 72.7 cm³/mol. The third kappa shape index (κ3) is 3.95. The summed E-state index contributed by atoms with van der Waals surface area (Å²) in [5, 5.41) is 0. The molecule has 1 aromatic heterocycles. The van der Waals surface area contributed by atoms with Crippen LogP contribution in [-0.2, 0) is 28.9 Å². The Morgan fingerprint density at radius 2 is 2.05 bits per heavy atom. The van der Waals surface area contributed by atoms with Crippen LogP contribution in [0.25, 0.3) is 0 Å². The number of methoxy groups -OCH3 is 1. The lowest BCUT2D eigenvalue weighted by Crippen LogP contribution is -2.13. The number of aromatic nitrogens is 2. The smallest absolute Gasteiger partial charge is 0.325 e. The Bertz CT molecular complexity index is 520. The number of esters is 1. The Labute approximate surface area is 113 Å². The van der Waals surface area contributed by atoms with Gasteiger partial charge in [0.15, 0.2) is 0 Å². The fraction of sp³-hybridized carbons (Fsp3) is 0.333. The van der Waals surface area contributed by atoms with E-state index >= 15 is 0 Å². The van der Waals surface area contributed by atoms with E-state index in [-0.39, 0.29) is 12.5 Å². The summed E-state index contributed by atoms with van der Waals surface area (Å²) >= 11 is 0. The van der Waals surface area contributed by atoms with Gasteiger partial charge in [-0.2, -0.15) is 0 Å². The number of ether oxygens (including phenoxy) is 1. The van der Waals surface area contributed by atoms with Gasteiger partial charge in [0.2, 0.25) is 0 Å². The lowest BCUT2D eigenvalue weighted by atomic mass is 10.1. The topological polar surface area (TPSA) is 44.1 Å². The molecule has 1 aromatic carbocycles. The molecule has 0 aliphatic rings. The Morgan fingerprint density at radius 3 is 2.79 bits per heavy atom. The van der Waals surface area contributed by atoms with E-state index in [4.69, 9.17) is 0 Å². The second-order valence-electron chi connectivity index (χ2n) is 4.39. The van der Waals surface area contributed by atoms with E-state index < -0.39 is 0 Å². The minimum absolute atomic E-state index is 0.233. The first-order valence-electron chi connectivity index (χ1n) is 6.40. The number of hydrogen-bond acceptors (Lipinski definition) is 3. The molecule has 0 N–H and O–H groups in total. The van der Waals surface area contributed by atoms with Gasteiger partial charge in [-0.3, -0.25) is 4.79 Å². The first kappa shape index (κ1) is 13.3. The second-order valence-corrected chi connectivity index (χ2v) is 4.39. The van der Waals surface area contributed by atoms with Crippen molar-refractivity contribution in [3.8, 4) is 0 Å². The van der Waals surface area contributed by atoms with E-state index in [1.807, 2.05) is 29.0 Å². The normalized spacial score (nSPS) is 10.4. The summed E-state index contributed by atoms with van der Waals surface area (Å²) in [6, 6.07) is 10.4. The van der Waals surface area contributed by atoms with Gasteiger partial charge in [0.25, 0.3) is 0 Å². The number of benzene rings is 1. The van der Waals surface area contributed by atoms with Gasteiger partial charge in [0, 0.05) is 18.8 Å². The highest BCUT2D eigenvalue weighted by atomic mass is 16.5. The van der Waals surface area contributed by atoms with Crippen LogP contribution < -0.4 is 0 Å². The maximum atomic E-state index is 11.3. The molecular formula is C15H18N2O2. The number of aryl methyl sites for hydroxylation is 2. The number of rotatable bonds is 6. The van der Waals surface area contributed by atoms with Crippen LogP contribution in [0.1, 0.15) is 17.8 Å². The fourth-order valence-electron chi connectivity index (χ4n) is 2.01. The van der Waals surface area contributed by atoms with Gasteiger partial charge >= 0.3 is 5.97 Å². The first-order chi connectivity index (χ1) is 9.29. The number of carbonyl (C=O) groups excluding carboxylic acids is 1. The van der Waals surface area contributed by atoms with E-state index in [0.29, 0.717) is 0 Å². The third-order valence-electron chi connectivity index (χ3n) is 3.04. The molecule has 2 rings (SSSR count). The molecule has 1 heterocycles. The molecule has 0 radical (unpaired) electrons. The molecule has 4 nitrogen and oxygen atoms in total. The molecule has 0 saturated carbocycles. The Hall–Kier alpha value is -2.10. The van der Waals surface area contributed by atoms with E-state index in [1.54, 1.807) is 6.20 Å². The van der Waals surface area contributed by atoms with Crippen molar-refractivity contribution in [2.45, 2.75) is 25.8 Å². The molecule has 2 aromatic rings. The zero-order valence-electron chi connectivity index (χ0n) is 11.1. The van der Waals surface area contributed by atoms with Crippen LogP contribution in [0.4, 0.5) is 0 Å². The Morgan fingerprint density at radius 1 is 1.26 bits per heavy atom. The molecule has 4 heteroatoms. The summed E-state index contributed by atoms with van der Waals surface area (Å²) in [5.41, 5.74) is 1.33. The number of nitrogens with zero attached hydrogens (tertiary/aromatic N) is 2. The molecule has 0 saturated heterocycles. The maximum absolute atomic E-state index is 11.3. The monoisotopic (exact) mass is 258 g/mol. The molecule has 0 atom stereocenters. The van der Waals surface area contributed by atoms with Gasteiger partial charge in [0.05, 0.1) is 7.11 Å². The van der Waals surface area contributed by atoms with Crippen molar-refractivity contribution >= 4 is 5.97 Å². The van der Waals surface area contributed by atoms with Crippen molar-refractivity contribution in [1.29, 1.82) is 0 Å². The number of carbonyl (C=O) groups is 1. The Kier molecular flexibility index (Phi) is 4.72. The summed E-state index contributed by atoms with van der Waals surface area (Å²) in [6.45, 7) is 0.233. The summed E-state index contributed by atoms with van der Waals surface area (Å²) in [5.74, 6) is 0.684. The van der Waals surface area contributed by atoms with Gasteiger partial charge in [-0.25, -0.2) is 4.98 Å². The summed E-state index contributed by atoms with van der Waals surface area (Å²) in [7, 11) is 1.40. The van der Waals surface area contributed by atoms with Crippen LogP contribution in [0.3, 0.4) is 0 Å². The van der Waals surface area contributed by atoms with Crippen molar-refractivity contribution in [3.05, 3.63) is 54.1 Å². The van der Waals surface area contributed by atoms with E-state index in [2.05, 4.69) is 21.9 Å². The van der Waals surface area contributed by atoms with Crippen LogP contribution in [0.2, 0.25) is 0 Å². The van der Waals surface area contributed by atoms with Crippen molar-refractivity contribution < 1.29 is 9.53 Å². The molecular weight excluding hydrogens is 240 g/mol. The Balaban J connectivity index is 1.86. The average Bonchev–Trinajstić information content (AvgIpc) is 2.87. The van der Waals surface area contributed by atoms with Crippen molar-refractivity contribution in [2.75, 3.05) is 7.11 Å². The minimum atomic E-state index is -0.248. The molecule has 0 aliphatic heterocycles. The summed E-state index contributed by atoms with van der Waals surface area (Å²) in [6.07, 6.45) is 6.43. The van der Waals surface area contributed by atoms with E-state index in [9.17, 15) is 4.79 Å². The van der Waals surface area contributed by atoms with Gasteiger partial charge in [-0.1, -0.05) is 30.3 Å². The van der Waals surface area contributed by atoms with Crippen LogP contribution in [0.15, 0.2) is 42.7 Å². The van der Waals surface area contributed by atoms with Crippen LogP contribution in [0, 0.1) is 0 Å². The molecule has 19 heavy (non-hydrogen) atoms. The molecule has 0 aliphatic carbocycles. The number of imidazole rings is 1. The van der Waals surface area contributed by atoms with Gasteiger partial charge in [-0.05, 0) is 18.4 Å². The summed E-state index contributed by atoms with van der Waals surface area (Å²) < 4.78 is 6.51. The lowest BCUT2D eigenvalue weighted by molar-refractivity contribution is -0.141. The first-order valence-corrected chi connectivity index (χ1v) is 6.40. The minimum Gasteiger partial charge on any atom is -0.468 e. The highest BCUT2D eigenvalue weighted by molar-refractivity contribution is 5.69. The SMILES string of the molecule is COC(=O)Cn1ccnc1CCCc1ccccc1. The number of hydrogen-bond donors (Lipinski definition) is 0. The molecule has 0 unspecified atom stereocenters. The molecule has 0 fully saturated rings. The van der Waals surface area contributed by atoms with E-state index in [0.717, 1.165) is 25.1 Å². The van der Waals surface area contributed by atoms with Crippen LogP contribution >= 0.6 is 0 Å². The average molecular weight is 258 g/mol. The quantitative estimate of drug-likeness (QED) is 0.746. The van der Waals surface area contributed by atoms with E-state index in [1.165, 1.54) is 12.7 Å². The van der Waals surface area contributed by atoms with Gasteiger partial charge in [0.1, 0.15) is 12.4 Å². The fourth-order valence-corrected chi connectivity index (χ4v) is 2.01. The van der Waals surface area contributed by atoms with Crippen molar-refractivity contribution in [3.63, 3.8) is 0 Å². The molecule has 0 spiro atoms. The van der Waals surface area contributed by atoms with Crippen molar-refractivity contribution in [1.82, 2.24) is 9.55 Å². The molecule has 0 amide bonds. The van der Waals surface area contributed by atoms with Gasteiger partial charge in [-0.15, -0.1) is 0 Å². The third-order valence-corrected chi connectivity index (χ3v) is 3.04. The zero-order valence-corrected chi connectivity index (χ0v) is 11.1. The molecule has 0 bridgehead atoms. The predicted octanol–water partition coefficient (Wildman–Crippen LogP) is 2.23.